The number of anilines is 1. The summed E-state index contributed by atoms with van der Waals surface area (Å²) < 4.78 is 1.21. The molecule has 9 heteroatoms. The molecule has 3 aromatic rings. The van der Waals surface area contributed by atoms with Crippen LogP contribution in [0.3, 0.4) is 0 Å². The largest absolute Gasteiger partial charge is 0.360 e. The average Bonchev–Trinajstić information content (AvgIpc) is 3.28. The molecule has 2 amide bonds. The van der Waals surface area contributed by atoms with Gasteiger partial charge in [0.1, 0.15) is 5.82 Å². The number of carbonyl (C=O) groups is 3. The number of nitrogens with zero attached hydrogens (tertiary/aromatic N) is 4. The number of nitrogens with one attached hydrogen (secondary N) is 2. The predicted octanol–water partition coefficient (Wildman–Crippen LogP) is 2.26. The summed E-state index contributed by atoms with van der Waals surface area (Å²) in [6.07, 6.45) is 1.50. The lowest BCUT2D eigenvalue weighted by atomic mass is 10.1. The van der Waals surface area contributed by atoms with Crippen LogP contribution in [-0.2, 0) is 9.59 Å². The molecule has 1 aromatic carbocycles. The smallest absolute Gasteiger partial charge is 0.298 e. The Bertz CT molecular complexity index is 1270. The van der Waals surface area contributed by atoms with Crippen LogP contribution < -0.4 is 5.32 Å². The van der Waals surface area contributed by atoms with Crippen LogP contribution in [0.1, 0.15) is 23.0 Å². The van der Waals surface area contributed by atoms with Crippen molar-refractivity contribution in [3.8, 4) is 0 Å². The van der Waals surface area contributed by atoms with Crippen LogP contribution in [0, 0.1) is 6.92 Å². The molecule has 0 saturated carbocycles. The quantitative estimate of drug-likeness (QED) is 0.406. The highest BCUT2D eigenvalue weighted by Gasteiger charge is 2.24. The summed E-state index contributed by atoms with van der Waals surface area (Å²) in [4.78, 5) is 48.3. The summed E-state index contributed by atoms with van der Waals surface area (Å²) in [5.41, 5.74) is 2.16. The molecule has 0 radical (unpaired) electrons. The number of H-pyrrole nitrogens is 1. The van der Waals surface area contributed by atoms with Gasteiger partial charge in [-0.2, -0.15) is 14.8 Å². The molecular formula is C20H16N6O3. The van der Waals surface area contributed by atoms with Gasteiger partial charge in [-0.3, -0.25) is 14.4 Å². The minimum Gasteiger partial charge on any atom is -0.360 e. The van der Waals surface area contributed by atoms with Crippen molar-refractivity contribution in [1.82, 2.24) is 14.8 Å². The molecule has 0 aliphatic carbocycles. The summed E-state index contributed by atoms with van der Waals surface area (Å²) in [7, 11) is 0. The number of aromatic amines is 1. The lowest BCUT2D eigenvalue weighted by Gasteiger charge is -2.12. The molecule has 2 aromatic heterocycles. The summed E-state index contributed by atoms with van der Waals surface area (Å²) >= 11 is 0. The number of amides is 2. The van der Waals surface area contributed by atoms with Gasteiger partial charge in [-0.1, -0.05) is 24.8 Å². The minimum absolute atomic E-state index is 0.0113. The van der Waals surface area contributed by atoms with Crippen molar-refractivity contribution in [2.45, 2.75) is 13.8 Å². The number of aromatic nitrogens is 3. The van der Waals surface area contributed by atoms with Gasteiger partial charge < -0.3 is 10.3 Å². The Morgan fingerprint density at radius 2 is 1.93 bits per heavy atom. The molecule has 144 valence electrons. The highest BCUT2D eigenvalue weighted by molar-refractivity contribution is 6.48. The van der Waals surface area contributed by atoms with E-state index in [1.807, 2.05) is 12.1 Å². The van der Waals surface area contributed by atoms with Crippen LogP contribution in [0.15, 0.2) is 58.7 Å². The predicted molar refractivity (Wildman–Crippen MR) is 108 cm³/mol. The van der Waals surface area contributed by atoms with Gasteiger partial charge >= 0.3 is 0 Å². The maximum absolute atomic E-state index is 12.7. The summed E-state index contributed by atoms with van der Waals surface area (Å²) in [6.45, 7) is 6.95. The lowest BCUT2D eigenvalue weighted by molar-refractivity contribution is -0.114. The molecule has 0 spiro atoms. The molecule has 3 heterocycles. The average molecular weight is 388 g/mol. The van der Waals surface area contributed by atoms with Gasteiger partial charge in [0.2, 0.25) is 0 Å². The molecule has 2 N–H and O–H groups in total. The number of benzene rings is 1. The number of para-hydroxylation sites is 1. The van der Waals surface area contributed by atoms with E-state index >= 15 is 0 Å². The zero-order valence-electron chi connectivity index (χ0n) is 15.7. The number of aryl methyl sites for hydroxylation is 1. The molecule has 4 rings (SSSR count). The number of carbonyl (C=O) groups excluding carboxylic acids is 3. The maximum Gasteiger partial charge on any atom is 0.298 e. The second-order valence-electron chi connectivity index (χ2n) is 6.51. The van der Waals surface area contributed by atoms with Crippen LogP contribution in [0.5, 0.6) is 0 Å². The summed E-state index contributed by atoms with van der Waals surface area (Å²) in [5, 5.41) is 7.41. The molecule has 0 unspecified atom stereocenters. The zero-order chi connectivity index (χ0) is 20.7. The third-order valence-electron chi connectivity index (χ3n) is 4.47. The van der Waals surface area contributed by atoms with Gasteiger partial charge in [-0.25, -0.2) is 4.99 Å². The number of rotatable bonds is 3. The van der Waals surface area contributed by atoms with Gasteiger partial charge in [0.15, 0.2) is 0 Å². The number of aliphatic imine (C=N–C) groups is 2. The Balaban J connectivity index is 1.65. The third kappa shape index (κ3) is 3.18. The van der Waals surface area contributed by atoms with E-state index in [2.05, 4.69) is 32.0 Å². The number of fused-ring (bicyclic) bond motifs is 1. The van der Waals surface area contributed by atoms with Gasteiger partial charge in [-0.05, 0) is 19.9 Å². The number of hydrogen-bond donors (Lipinski definition) is 2. The molecular weight excluding hydrogens is 372 g/mol. The van der Waals surface area contributed by atoms with Crippen molar-refractivity contribution in [3.05, 3.63) is 59.9 Å². The normalized spacial score (nSPS) is 14.0. The van der Waals surface area contributed by atoms with Crippen molar-refractivity contribution >= 4 is 46.0 Å². The Kier molecular flexibility index (Phi) is 4.27. The third-order valence-corrected chi connectivity index (χ3v) is 4.47. The molecule has 29 heavy (non-hydrogen) atoms. The second-order valence-corrected chi connectivity index (χ2v) is 6.51. The van der Waals surface area contributed by atoms with Gasteiger partial charge in [0.25, 0.3) is 23.6 Å². The minimum atomic E-state index is -0.844. The van der Waals surface area contributed by atoms with Crippen LogP contribution in [0.4, 0.5) is 5.82 Å². The molecule has 1 aliphatic heterocycles. The maximum atomic E-state index is 12.7. The summed E-state index contributed by atoms with van der Waals surface area (Å²) in [5.74, 6) is -1.92. The van der Waals surface area contributed by atoms with E-state index in [-0.39, 0.29) is 22.9 Å². The molecule has 9 nitrogen and oxygen atoms in total. The van der Waals surface area contributed by atoms with Crippen molar-refractivity contribution in [2.24, 2.45) is 9.98 Å². The molecule has 1 aliphatic rings. The van der Waals surface area contributed by atoms with Gasteiger partial charge in [0.05, 0.1) is 22.5 Å². The molecule has 0 saturated heterocycles. The second kappa shape index (κ2) is 6.79. The van der Waals surface area contributed by atoms with E-state index < -0.39 is 17.6 Å². The van der Waals surface area contributed by atoms with E-state index in [0.29, 0.717) is 16.8 Å². The van der Waals surface area contributed by atoms with E-state index in [1.54, 1.807) is 32.0 Å². The van der Waals surface area contributed by atoms with E-state index in [9.17, 15) is 14.4 Å². The summed E-state index contributed by atoms with van der Waals surface area (Å²) in [6, 6.07) is 8.75. The van der Waals surface area contributed by atoms with Crippen LogP contribution in [-0.4, -0.2) is 44.0 Å². The number of ketones is 1. The van der Waals surface area contributed by atoms with E-state index in [4.69, 9.17) is 0 Å². The first kappa shape index (κ1) is 18.2. The Morgan fingerprint density at radius 3 is 2.69 bits per heavy atom. The van der Waals surface area contributed by atoms with Crippen molar-refractivity contribution in [1.29, 1.82) is 0 Å². The van der Waals surface area contributed by atoms with Crippen LogP contribution >= 0.6 is 0 Å². The SMILES string of the molecule is C=C1C(=O)N=C(n2nc(C)cc2NC(=O)C(=O)c2c[nH]c3ccccc23)N=C1C. The zero-order valence-corrected chi connectivity index (χ0v) is 15.7. The molecule has 0 fully saturated rings. The van der Waals surface area contributed by atoms with Crippen molar-refractivity contribution in [3.63, 3.8) is 0 Å². The monoisotopic (exact) mass is 388 g/mol. The Labute approximate surface area is 164 Å². The van der Waals surface area contributed by atoms with Gasteiger partial charge in [0, 0.05) is 23.2 Å². The topological polar surface area (TPSA) is 122 Å². The Morgan fingerprint density at radius 1 is 1.17 bits per heavy atom. The first-order chi connectivity index (χ1) is 13.8. The first-order valence-electron chi connectivity index (χ1n) is 8.71. The van der Waals surface area contributed by atoms with Crippen LogP contribution in [0.25, 0.3) is 10.9 Å². The van der Waals surface area contributed by atoms with Crippen molar-refractivity contribution in [2.75, 3.05) is 5.32 Å². The van der Waals surface area contributed by atoms with E-state index in [0.717, 1.165) is 5.52 Å². The highest BCUT2D eigenvalue weighted by Crippen LogP contribution is 2.20. The van der Waals surface area contributed by atoms with Crippen molar-refractivity contribution < 1.29 is 14.4 Å². The fourth-order valence-corrected chi connectivity index (χ4v) is 2.95. The molecule has 0 atom stereocenters. The Hall–Kier alpha value is -4.14. The number of Topliss-reactive ketones (excluding diaryl/α,β-unsaturated/α-hetero) is 1. The van der Waals surface area contributed by atoms with Crippen LogP contribution in [0.2, 0.25) is 0 Å². The highest BCUT2D eigenvalue weighted by atomic mass is 16.2. The lowest BCUT2D eigenvalue weighted by Crippen LogP contribution is -2.28. The van der Waals surface area contributed by atoms with E-state index in [1.165, 1.54) is 10.9 Å². The number of hydrogen-bond acceptors (Lipinski definition) is 5. The first-order valence-corrected chi connectivity index (χ1v) is 8.71. The fourth-order valence-electron chi connectivity index (χ4n) is 2.95. The molecule has 0 bridgehead atoms. The fraction of sp³-hybridized carbons (Fsp3) is 0.100. The van der Waals surface area contributed by atoms with Gasteiger partial charge in [-0.15, -0.1) is 0 Å². The standard InChI is InChI=1S/C20H16N6O3/c1-10-8-16(26(25-10)20-22-12(3)11(2)18(28)24-20)23-19(29)17(27)14-9-21-15-7-5-4-6-13(14)15/h4-9,21H,2H2,1,3H3,(H,23,29).